The van der Waals surface area contributed by atoms with Gasteiger partial charge in [0, 0.05) is 19.7 Å². The minimum absolute atomic E-state index is 0.161. The SMILES string of the molecule is Cn1c(=O)c2c(ncn2CC(=O)Nc2ccc(-c3ccccc3)nn2)n(C)c1=O. The van der Waals surface area contributed by atoms with Crippen LogP contribution in [0.4, 0.5) is 5.82 Å². The summed E-state index contributed by atoms with van der Waals surface area (Å²) in [5.41, 5.74) is 1.01. The number of fused-ring (bicyclic) bond motifs is 1. The molecule has 0 aliphatic heterocycles. The van der Waals surface area contributed by atoms with Crippen molar-refractivity contribution in [1.29, 1.82) is 0 Å². The zero-order valence-corrected chi connectivity index (χ0v) is 15.7. The highest BCUT2D eigenvalue weighted by Gasteiger charge is 2.16. The lowest BCUT2D eigenvalue weighted by Gasteiger charge is -2.07. The smallest absolute Gasteiger partial charge is 0.315 e. The second kappa shape index (κ2) is 7.15. The molecule has 3 heterocycles. The number of carbonyl (C=O) groups excluding carboxylic acids is 1. The van der Waals surface area contributed by atoms with E-state index in [1.807, 2.05) is 30.3 Å². The van der Waals surface area contributed by atoms with Gasteiger partial charge < -0.3 is 9.88 Å². The first-order chi connectivity index (χ1) is 14.0. The quantitative estimate of drug-likeness (QED) is 0.542. The maximum absolute atomic E-state index is 12.4. The Kier molecular flexibility index (Phi) is 4.51. The summed E-state index contributed by atoms with van der Waals surface area (Å²) in [4.78, 5) is 40.9. The number of aromatic nitrogens is 6. The average molecular weight is 391 g/mol. The summed E-state index contributed by atoms with van der Waals surface area (Å²) in [6.45, 7) is -0.161. The predicted molar refractivity (Wildman–Crippen MR) is 106 cm³/mol. The van der Waals surface area contributed by atoms with Crippen molar-refractivity contribution in [1.82, 2.24) is 28.9 Å². The van der Waals surface area contributed by atoms with Crippen LogP contribution < -0.4 is 16.6 Å². The topological polar surface area (TPSA) is 117 Å². The summed E-state index contributed by atoms with van der Waals surface area (Å²) in [7, 11) is 2.90. The minimum Gasteiger partial charge on any atom is -0.315 e. The molecule has 3 aromatic heterocycles. The Balaban J connectivity index is 1.55. The third-order valence-corrected chi connectivity index (χ3v) is 4.53. The molecule has 0 aliphatic rings. The van der Waals surface area contributed by atoms with Crippen LogP contribution in [0.3, 0.4) is 0 Å². The van der Waals surface area contributed by atoms with Gasteiger partial charge in [0.05, 0.1) is 12.0 Å². The molecule has 29 heavy (non-hydrogen) atoms. The first-order valence-electron chi connectivity index (χ1n) is 8.75. The Bertz CT molecular complexity index is 1320. The van der Waals surface area contributed by atoms with E-state index < -0.39 is 17.2 Å². The van der Waals surface area contributed by atoms with Crippen LogP contribution in [0.2, 0.25) is 0 Å². The van der Waals surface area contributed by atoms with Gasteiger partial charge in [-0.05, 0) is 12.1 Å². The van der Waals surface area contributed by atoms with Crippen LogP contribution in [0.25, 0.3) is 22.4 Å². The van der Waals surface area contributed by atoms with Gasteiger partial charge in [0.25, 0.3) is 5.56 Å². The molecule has 0 bridgehead atoms. The molecular weight excluding hydrogens is 374 g/mol. The summed E-state index contributed by atoms with van der Waals surface area (Å²) in [6, 6.07) is 13.0. The number of benzene rings is 1. The van der Waals surface area contributed by atoms with Crippen molar-refractivity contribution >= 4 is 22.9 Å². The van der Waals surface area contributed by atoms with E-state index in [4.69, 9.17) is 0 Å². The molecular formula is C19H17N7O3. The number of hydrogen-bond acceptors (Lipinski definition) is 6. The normalized spacial score (nSPS) is 11.0. The molecule has 4 aromatic rings. The van der Waals surface area contributed by atoms with Gasteiger partial charge in [0.15, 0.2) is 17.0 Å². The van der Waals surface area contributed by atoms with Crippen LogP contribution in [0.15, 0.2) is 58.4 Å². The summed E-state index contributed by atoms with van der Waals surface area (Å²) in [5, 5.41) is 10.8. The second-order valence-electron chi connectivity index (χ2n) is 6.47. The highest BCUT2D eigenvalue weighted by Crippen LogP contribution is 2.16. The highest BCUT2D eigenvalue weighted by molar-refractivity contribution is 5.90. The van der Waals surface area contributed by atoms with E-state index in [-0.39, 0.29) is 17.7 Å². The molecule has 0 spiro atoms. The van der Waals surface area contributed by atoms with E-state index in [2.05, 4.69) is 20.5 Å². The lowest BCUT2D eigenvalue weighted by molar-refractivity contribution is -0.116. The Hall–Kier alpha value is -4.08. The first kappa shape index (κ1) is 18.3. The molecule has 0 saturated carbocycles. The lowest BCUT2D eigenvalue weighted by Crippen LogP contribution is -2.37. The highest BCUT2D eigenvalue weighted by atomic mass is 16.2. The van der Waals surface area contributed by atoms with Gasteiger partial charge in [-0.3, -0.25) is 18.7 Å². The Morgan fingerprint density at radius 3 is 2.45 bits per heavy atom. The van der Waals surface area contributed by atoms with E-state index in [0.29, 0.717) is 11.5 Å². The molecule has 10 heteroatoms. The fraction of sp³-hybridized carbons (Fsp3) is 0.158. The van der Waals surface area contributed by atoms with Gasteiger partial charge in [-0.25, -0.2) is 9.78 Å². The Labute approximate surface area is 164 Å². The number of hydrogen-bond donors (Lipinski definition) is 1. The molecule has 0 unspecified atom stereocenters. The molecule has 0 radical (unpaired) electrons. The average Bonchev–Trinajstić information content (AvgIpc) is 3.15. The van der Waals surface area contributed by atoms with Gasteiger partial charge in [-0.2, -0.15) is 0 Å². The van der Waals surface area contributed by atoms with Gasteiger partial charge >= 0.3 is 5.69 Å². The monoisotopic (exact) mass is 391 g/mol. The predicted octanol–water partition coefficient (Wildman–Crippen LogP) is 0.529. The van der Waals surface area contributed by atoms with E-state index in [9.17, 15) is 14.4 Å². The number of carbonyl (C=O) groups is 1. The number of anilines is 1. The summed E-state index contributed by atoms with van der Waals surface area (Å²) in [6.07, 6.45) is 1.36. The maximum atomic E-state index is 12.4. The molecule has 1 N–H and O–H groups in total. The lowest BCUT2D eigenvalue weighted by atomic mass is 10.1. The molecule has 0 atom stereocenters. The van der Waals surface area contributed by atoms with E-state index in [1.165, 1.54) is 29.6 Å². The molecule has 4 rings (SSSR count). The van der Waals surface area contributed by atoms with Crippen LogP contribution in [0, 0.1) is 0 Å². The number of rotatable bonds is 4. The second-order valence-corrected chi connectivity index (χ2v) is 6.47. The van der Waals surface area contributed by atoms with E-state index in [0.717, 1.165) is 10.1 Å². The van der Waals surface area contributed by atoms with E-state index >= 15 is 0 Å². The van der Waals surface area contributed by atoms with Crippen molar-refractivity contribution in [3.63, 3.8) is 0 Å². The van der Waals surface area contributed by atoms with Crippen molar-refractivity contribution in [3.8, 4) is 11.3 Å². The number of nitrogens with zero attached hydrogens (tertiary/aromatic N) is 6. The fourth-order valence-corrected chi connectivity index (χ4v) is 3.02. The van der Waals surface area contributed by atoms with Crippen molar-refractivity contribution < 1.29 is 4.79 Å². The van der Waals surface area contributed by atoms with Gasteiger partial charge in [0.1, 0.15) is 6.54 Å². The van der Waals surface area contributed by atoms with Crippen molar-refractivity contribution in [2.45, 2.75) is 6.54 Å². The number of amides is 1. The third-order valence-electron chi connectivity index (χ3n) is 4.53. The van der Waals surface area contributed by atoms with Crippen LogP contribution in [0.1, 0.15) is 0 Å². The summed E-state index contributed by atoms with van der Waals surface area (Å²) < 4.78 is 3.64. The van der Waals surface area contributed by atoms with Crippen molar-refractivity contribution in [3.05, 3.63) is 69.6 Å². The molecule has 0 fully saturated rings. The van der Waals surface area contributed by atoms with E-state index in [1.54, 1.807) is 12.1 Å². The van der Waals surface area contributed by atoms with Crippen molar-refractivity contribution in [2.75, 3.05) is 5.32 Å². The van der Waals surface area contributed by atoms with Crippen LogP contribution in [0.5, 0.6) is 0 Å². The molecule has 146 valence electrons. The number of imidazole rings is 1. The number of nitrogens with one attached hydrogen (secondary N) is 1. The fourth-order valence-electron chi connectivity index (χ4n) is 3.02. The standard InChI is InChI=1S/C19H17N7O3/c1-24-17-16(18(28)25(2)19(24)29)26(11-20-17)10-15(27)21-14-9-8-13(22-23-14)12-6-4-3-5-7-12/h3-9,11H,10H2,1-2H3,(H,21,23,27). The summed E-state index contributed by atoms with van der Waals surface area (Å²) in [5.74, 6) is -0.110. The van der Waals surface area contributed by atoms with Crippen LogP contribution in [-0.2, 0) is 25.4 Å². The first-order valence-corrected chi connectivity index (χ1v) is 8.75. The minimum atomic E-state index is -0.514. The van der Waals surface area contributed by atoms with Crippen LogP contribution in [-0.4, -0.2) is 34.8 Å². The number of aryl methyl sites for hydroxylation is 1. The Morgan fingerprint density at radius 1 is 1.00 bits per heavy atom. The largest absolute Gasteiger partial charge is 0.332 e. The molecule has 0 aliphatic carbocycles. The van der Waals surface area contributed by atoms with Gasteiger partial charge in [-0.1, -0.05) is 30.3 Å². The van der Waals surface area contributed by atoms with Gasteiger partial charge in [0.2, 0.25) is 5.91 Å². The molecule has 0 saturated heterocycles. The van der Waals surface area contributed by atoms with Gasteiger partial charge in [-0.15, -0.1) is 10.2 Å². The third kappa shape index (κ3) is 3.31. The Morgan fingerprint density at radius 2 is 1.76 bits per heavy atom. The zero-order valence-electron chi connectivity index (χ0n) is 15.7. The zero-order chi connectivity index (χ0) is 20.5. The molecule has 1 amide bonds. The maximum Gasteiger partial charge on any atom is 0.332 e. The summed E-state index contributed by atoms with van der Waals surface area (Å²) >= 11 is 0. The van der Waals surface area contributed by atoms with Crippen LogP contribution >= 0.6 is 0 Å². The molecule has 10 nitrogen and oxygen atoms in total. The molecule has 1 aromatic carbocycles. The van der Waals surface area contributed by atoms with Crippen molar-refractivity contribution in [2.24, 2.45) is 14.1 Å².